The Kier molecular flexibility index (Phi) is 4.03. The molecule has 104 valence electrons. The average molecular weight is 272 g/mol. The lowest BCUT2D eigenvalue weighted by atomic mass is 10.1. The molecule has 2 aromatic rings. The van der Waals surface area contributed by atoms with Crippen LogP contribution in [0.1, 0.15) is 21.5 Å². The molecule has 0 unspecified atom stereocenters. The van der Waals surface area contributed by atoms with Gasteiger partial charge in [0.05, 0.1) is 5.56 Å². The third kappa shape index (κ3) is 2.79. The summed E-state index contributed by atoms with van der Waals surface area (Å²) >= 11 is 0. The van der Waals surface area contributed by atoms with Crippen LogP contribution >= 0.6 is 0 Å². The Morgan fingerprint density at radius 3 is 2.60 bits per heavy atom. The summed E-state index contributed by atoms with van der Waals surface area (Å²) in [6, 6.07) is 11.7. The number of hydrogen-bond donors (Lipinski definition) is 1. The number of rotatable bonds is 3. The fourth-order valence-electron chi connectivity index (χ4n) is 2.03. The van der Waals surface area contributed by atoms with Gasteiger partial charge in [-0.05, 0) is 24.6 Å². The van der Waals surface area contributed by atoms with E-state index in [0.29, 0.717) is 16.8 Å². The molecule has 4 heteroatoms. The number of carbonyl (C=O) groups excluding carboxylic acids is 1. The van der Waals surface area contributed by atoms with E-state index in [1.807, 2.05) is 13.0 Å². The highest BCUT2D eigenvalue weighted by Crippen LogP contribution is 2.19. The van der Waals surface area contributed by atoms with Crippen molar-refractivity contribution in [1.29, 1.82) is 0 Å². The van der Waals surface area contributed by atoms with E-state index >= 15 is 0 Å². The van der Waals surface area contributed by atoms with Gasteiger partial charge >= 0.3 is 0 Å². The van der Waals surface area contributed by atoms with Crippen LogP contribution in [0.25, 0.3) is 0 Å². The predicted octanol–water partition coefficient (Wildman–Crippen LogP) is 2.99. The van der Waals surface area contributed by atoms with Crippen molar-refractivity contribution in [1.82, 2.24) is 4.90 Å². The molecule has 0 radical (unpaired) electrons. The second-order valence-corrected chi connectivity index (χ2v) is 4.79. The standard InChI is InChI=1S/C16H17FN2O/c1-11-6-5-8-13(15(11)18)16(20)19(2)10-12-7-3-4-9-14(12)17/h3-9H,10,18H2,1-2H3. The van der Waals surface area contributed by atoms with Gasteiger partial charge in [-0.25, -0.2) is 4.39 Å². The van der Waals surface area contributed by atoms with Crippen molar-refractivity contribution < 1.29 is 9.18 Å². The van der Waals surface area contributed by atoms with Gasteiger partial charge in [-0.1, -0.05) is 30.3 Å². The van der Waals surface area contributed by atoms with Crippen molar-refractivity contribution in [2.45, 2.75) is 13.5 Å². The molecule has 0 aromatic heterocycles. The third-order valence-corrected chi connectivity index (χ3v) is 3.27. The number of halogens is 1. The zero-order valence-electron chi connectivity index (χ0n) is 11.6. The maximum Gasteiger partial charge on any atom is 0.255 e. The number of hydrogen-bond acceptors (Lipinski definition) is 2. The second-order valence-electron chi connectivity index (χ2n) is 4.79. The summed E-state index contributed by atoms with van der Waals surface area (Å²) in [5.41, 5.74) is 8.18. The van der Waals surface area contributed by atoms with Crippen molar-refractivity contribution >= 4 is 11.6 Å². The summed E-state index contributed by atoms with van der Waals surface area (Å²) in [5.74, 6) is -0.529. The smallest absolute Gasteiger partial charge is 0.255 e. The molecule has 2 aromatic carbocycles. The van der Waals surface area contributed by atoms with Crippen molar-refractivity contribution in [3.8, 4) is 0 Å². The molecule has 3 nitrogen and oxygen atoms in total. The summed E-state index contributed by atoms with van der Waals surface area (Å²) < 4.78 is 13.6. The first-order valence-corrected chi connectivity index (χ1v) is 6.34. The molecule has 0 aliphatic heterocycles. The van der Waals surface area contributed by atoms with E-state index in [1.165, 1.54) is 11.0 Å². The van der Waals surface area contributed by atoms with E-state index in [1.54, 1.807) is 37.4 Å². The normalized spacial score (nSPS) is 10.3. The molecule has 0 heterocycles. The number of amides is 1. The quantitative estimate of drug-likeness (QED) is 0.873. The van der Waals surface area contributed by atoms with Crippen molar-refractivity contribution in [2.24, 2.45) is 0 Å². The van der Waals surface area contributed by atoms with Gasteiger partial charge in [0.15, 0.2) is 0 Å². The van der Waals surface area contributed by atoms with Crippen LogP contribution in [0.3, 0.4) is 0 Å². The molecule has 0 aliphatic carbocycles. The minimum absolute atomic E-state index is 0.207. The van der Waals surface area contributed by atoms with Crippen molar-refractivity contribution in [2.75, 3.05) is 12.8 Å². The lowest BCUT2D eigenvalue weighted by molar-refractivity contribution is 0.0785. The van der Waals surface area contributed by atoms with Crippen LogP contribution in [-0.2, 0) is 6.54 Å². The van der Waals surface area contributed by atoms with Gasteiger partial charge in [0, 0.05) is 24.8 Å². The van der Waals surface area contributed by atoms with Crippen LogP contribution < -0.4 is 5.73 Å². The molecule has 0 atom stereocenters. The summed E-state index contributed by atoms with van der Waals surface area (Å²) in [6.45, 7) is 2.06. The fraction of sp³-hybridized carbons (Fsp3) is 0.188. The van der Waals surface area contributed by atoms with E-state index in [-0.39, 0.29) is 18.3 Å². The van der Waals surface area contributed by atoms with E-state index in [9.17, 15) is 9.18 Å². The lowest BCUT2D eigenvalue weighted by Gasteiger charge is -2.19. The summed E-state index contributed by atoms with van der Waals surface area (Å²) in [4.78, 5) is 13.8. The Bertz CT molecular complexity index is 640. The Labute approximate surface area is 117 Å². The number of carbonyl (C=O) groups is 1. The molecule has 20 heavy (non-hydrogen) atoms. The first-order chi connectivity index (χ1) is 9.50. The van der Waals surface area contributed by atoms with Crippen molar-refractivity contribution in [3.05, 3.63) is 65.0 Å². The topological polar surface area (TPSA) is 46.3 Å². The van der Waals surface area contributed by atoms with E-state index < -0.39 is 0 Å². The van der Waals surface area contributed by atoms with E-state index in [0.717, 1.165) is 5.56 Å². The molecule has 2 N–H and O–H groups in total. The highest BCUT2D eigenvalue weighted by Gasteiger charge is 2.16. The van der Waals surface area contributed by atoms with Crippen LogP contribution in [0.2, 0.25) is 0 Å². The number of nitrogens with zero attached hydrogens (tertiary/aromatic N) is 1. The predicted molar refractivity (Wildman–Crippen MR) is 77.8 cm³/mol. The zero-order valence-corrected chi connectivity index (χ0v) is 11.6. The van der Waals surface area contributed by atoms with Crippen LogP contribution in [-0.4, -0.2) is 17.9 Å². The van der Waals surface area contributed by atoms with Crippen LogP contribution in [0.4, 0.5) is 10.1 Å². The molecule has 2 rings (SSSR count). The molecule has 0 spiro atoms. The molecule has 0 saturated carbocycles. The van der Waals surface area contributed by atoms with Gasteiger partial charge in [-0.15, -0.1) is 0 Å². The number of anilines is 1. The molecular formula is C16H17FN2O. The third-order valence-electron chi connectivity index (χ3n) is 3.27. The Morgan fingerprint density at radius 2 is 1.90 bits per heavy atom. The maximum atomic E-state index is 13.6. The minimum Gasteiger partial charge on any atom is -0.398 e. The number of benzene rings is 2. The highest BCUT2D eigenvalue weighted by atomic mass is 19.1. The molecule has 0 bridgehead atoms. The van der Waals surface area contributed by atoms with Crippen molar-refractivity contribution in [3.63, 3.8) is 0 Å². The molecule has 0 saturated heterocycles. The SMILES string of the molecule is Cc1cccc(C(=O)N(C)Cc2ccccc2F)c1N. The van der Waals surface area contributed by atoms with Crippen LogP contribution in [0, 0.1) is 12.7 Å². The maximum absolute atomic E-state index is 13.6. The number of aryl methyl sites for hydroxylation is 1. The highest BCUT2D eigenvalue weighted by molar-refractivity contribution is 5.99. The molecular weight excluding hydrogens is 255 g/mol. The Balaban J connectivity index is 2.21. The fourth-order valence-corrected chi connectivity index (χ4v) is 2.03. The summed E-state index contributed by atoms with van der Waals surface area (Å²) in [7, 11) is 1.64. The Hall–Kier alpha value is -2.36. The number of para-hydroxylation sites is 1. The van der Waals surface area contributed by atoms with Gasteiger partial charge in [0.25, 0.3) is 5.91 Å². The first kappa shape index (κ1) is 14.1. The zero-order chi connectivity index (χ0) is 14.7. The van der Waals surface area contributed by atoms with Gasteiger partial charge in [-0.2, -0.15) is 0 Å². The first-order valence-electron chi connectivity index (χ1n) is 6.34. The van der Waals surface area contributed by atoms with Gasteiger partial charge in [-0.3, -0.25) is 4.79 Å². The number of nitrogen functional groups attached to an aromatic ring is 1. The lowest BCUT2D eigenvalue weighted by Crippen LogP contribution is -2.27. The average Bonchev–Trinajstić information content (AvgIpc) is 2.43. The molecule has 1 amide bonds. The minimum atomic E-state index is -0.315. The van der Waals surface area contributed by atoms with Crippen LogP contribution in [0.5, 0.6) is 0 Å². The Morgan fingerprint density at radius 1 is 1.20 bits per heavy atom. The van der Waals surface area contributed by atoms with Gasteiger partial charge in [0.1, 0.15) is 5.82 Å². The monoisotopic (exact) mass is 272 g/mol. The largest absolute Gasteiger partial charge is 0.398 e. The van der Waals surface area contributed by atoms with Crippen LogP contribution in [0.15, 0.2) is 42.5 Å². The number of nitrogens with two attached hydrogens (primary N) is 1. The second kappa shape index (κ2) is 5.74. The van der Waals surface area contributed by atoms with Gasteiger partial charge in [0.2, 0.25) is 0 Å². The van der Waals surface area contributed by atoms with E-state index in [2.05, 4.69) is 0 Å². The molecule has 0 aliphatic rings. The summed E-state index contributed by atoms with van der Waals surface area (Å²) in [6.07, 6.45) is 0. The van der Waals surface area contributed by atoms with Gasteiger partial charge < -0.3 is 10.6 Å². The molecule has 0 fully saturated rings. The summed E-state index contributed by atoms with van der Waals surface area (Å²) in [5, 5.41) is 0. The van der Waals surface area contributed by atoms with E-state index in [4.69, 9.17) is 5.73 Å².